The predicted molar refractivity (Wildman–Crippen MR) is 111 cm³/mol. The first-order valence-electron chi connectivity index (χ1n) is 9.71. The summed E-state index contributed by atoms with van der Waals surface area (Å²) in [5.74, 6) is -1.03. The van der Waals surface area contributed by atoms with Gasteiger partial charge < -0.3 is 10.2 Å². The highest BCUT2D eigenvalue weighted by atomic mass is 32.2. The number of nitrogens with zero attached hydrogens (tertiary/aromatic N) is 2. The molecule has 1 N–H and O–H groups in total. The molecule has 8 nitrogen and oxygen atoms in total. The van der Waals surface area contributed by atoms with E-state index < -0.39 is 45.8 Å². The molecule has 2 aliphatic rings. The quantitative estimate of drug-likeness (QED) is 0.737. The molecule has 2 aromatic carbocycles. The third-order valence-corrected chi connectivity index (χ3v) is 7.80. The van der Waals surface area contributed by atoms with Crippen LogP contribution in [0.15, 0.2) is 42.5 Å². The highest BCUT2D eigenvalue weighted by Crippen LogP contribution is 2.33. The predicted octanol–water partition coefficient (Wildman–Crippen LogP) is 1.25. The van der Waals surface area contributed by atoms with Gasteiger partial charge in [0.2, 0.25) is 5.91 Å². The molecule has 2 aromatic rings. The van der Waals surface area contributed by atoms with Gasteiger partial charge in [-0.25, -0.2) is 13.2 Å². The second-order valence-electron chi connectivity index (χ2n) is 8.03. The van der Waals surface area contributed by atoms with Crippen LogP contribution in [0.2, 0.25) is 0 Å². The highest BCUT2D eigenvalue weighted by Gasteiger charge is 2.50. The van der Waals surface area contributed by atoms with Crippen LogP contribution in [0.25, 0.3) is 10.8 Å². The molecule has 30 heavy (non-hydrogen) atoms. The molecule has 0 spiro atoms. The summed E-state index contributed by atoms with van der Waals surface area (Å²) in [7, 11) is -1.64. The number of carbonyl (C=O) groups is 3. The second kappa shape index (κ2) is 7.09. The van der Waals surface area contributed by atoms with Crippen molar-refractivity contribution in [3.05, 3.63) is 48.0 Å². The van der Waals surface area contributed by atoms with Crippen LogP contribution in [0.4, 0.5) is 4.79 Å². The molecule has 9 heteroatoms. The van der Waals surface area contributed by atoms with Crippen molar-refractivity contribution in [1.82, 2.24) is 15.1 Å². The molecule has 0 saturated carbocycles. The number of urea groups is 1. The Hall–Kier alpha value is -2.94. The fraction of sp³-hybridized carbons (Fsp3) is 0.381. The average molecular weight is 429 g/mol. The number of imide groups is 1. The Morgan fingerprint density at radius 3 is 2.60 bits per heavy atom. The summed E-state index contributed by atoms with van der Waals surface area (Å²) in [5.41, 5.74) is -0.642. The van der Waals surface area contributed by atoms with Crippen LogP contribution in [0.1, 0.15) is 18.9 Å². The largest absolute Gasteiger partial charge is 0.340 e. The van der Waals surface area contributed by atoms with Gasteiger partial charge in [0.15, 0.2) is 9.84 Å². The van der Waals surface area contributed by atoms with Gasteiger partial charge in [-0.3, -0.25) is 14.5 Å². The minimum absolute atomic E-state index is 0.0393. The maximum absolute atomic E-state index is 13.2. The third-order valence-electron chi connectivity index (χ3n) is 6.05. The van der Waals surface area contributed by atoms with E-state index in [0.717, 1.165) is 15.7 Å². The molecule has 158 valence electrons. The van der Waals surface area contributed by atoms with Gasteiger partial charge in [0.05, 0.1) is 11.5 Å². The van der Waals surface area contributed by atoms with Crippen molar-refractivity contribution >= 4 is 38.5 Å². The van der Waals surface area contributed by atoms with E-state index in [0.29, 0.717) is 12.0 Å². The van der Waals surface area contributed by atoms with E-state index >= 15 is 0 Å². The van der Waals surface area contributed by atoms with Crippen LogP contribution < -0.4 is 5.32 Å². The lowest BCUT2D eigenvalue weighted by Gasteiger charge is -2.26. The number of fused-ring (bicyclic) bond motifs is 1. The normalized spacial score (nSPS) is 25.5. The van der Waals surface area contributed by atoms with Crippen LogP contribution in [0, 0.1) is 0 Å². The third kappa shape index (κ3) is 3.32. The van der Waals surface area contributed by atoms with E-state index in [1.165, 1.54) is 11.9 Å². The molecule has 2 saturated heterocycles. The summed E-state index contributed by atoms with van der Waals surface area (Å²) in [5, 5.41) is 4.52. The lowest BCUT2D eigenvalue weighted by atomic mass is 9.88. The van der Waals surface area contributed by atoms with E-state index in [-0.39, 0.29) is 11.5 Å². The van der Waals surface area contributed by atoms with Gasteiger partial charge >= 0.3 is 6.03 Å². The topological polar surface area (TPSA) is 104 Å². The van der Waals surface area contributed by atoms with Gasteiger partial charge in [0, 0.05) is 13.1 Å². The Morgan fingerprint density at radius 1 is 1.20 bits per heavy atom. The van der Waals surface area contributed by atoms with E-state index in [4.69, 9.17) is 0 Å². The highest BCUT2D eigenvalue weighted by molar-refractivity contribution is 7.91. The van der Waals surface area contributed by atoms with Gasteiger partial charge in [-0.2, -0.15) is 0 Å². The minimum Gasteiger partial charge on any atom is -0.340 e. The van der Waals surface area contributed by atoms with E-state index in [1.54, 1.807) is 13.0 Å². The lowest BCUT2D eigenvalue weighted by molar-refractivity contribution is -0.139. The monoisotopic (exact) mass is 429 g/mol. The average Bonchev–Trinajstić information content (AvgIpc) is 3.18. The smallest absolute Gasteiger partial charge is 0.325 e. The fourth-order valence-corrected chi connectivity index (χ4v) is 5.99. The number of benzene rings is 2. The Kier molecular flexibility index (Phi) is 4.80. The van der Waals surface area contributed by atoms with E-state index in [1.807, 2.05) is 36.4 Å². The maximum atomic E-state index is 13.2. The summed E-state index contributed by atoms with van der Waals surface area (Å²) in [4.78, 5) is 40.8. The number of rotatable bonds is 4. The fourth-order valence-electron chi connectivity index (χ4n) is 4.22. The van der Waals surface area contributed by atoms with Crippen molar-refractivity contribution in [2.75, 3.05) is 25.1 Å². The molecule has 0 aromatic heterocycles. The Balaban J connectivity index is 1.57. The van der Waals surface area contributed by atoms with E-state index in [9.17, 15) is 22.8 Å². The molecule has 4 rings (SSSR count). The van der Waals surface area contributed by atoms with Crippen molar-refractivity contribution in [3.8, 4) is 0 Å². The number of hydrogen-bond acceptors (Lipinski definition) is 5. The first-order chi connectivity index (χ1) is 14.1. The molecule has 2 aliphatic heterocycles. The molecule has 0 aliphatic carbocycles. The molecule has 0 radical (unpaired) electrons. The van der Waals surface area contributed by atoms with Gasteiger partial charge in [-0.1, -0.05) is 42.5 Å². The minimum atomic E-state index is -3.15. The first-order valence-corrected chi connectivity index (χ1v) is 11.5. The SMILES string of the molecule is CN(C(=O)CN1C(=O)NC(C)(c2cccc3ccccc23)C1=O)C1CCS(=O)(=O)C1. The molecule has 2 heterocycles. The van der Waals surface area contributed by atoms with Gasteiger partial charge in [-0.15, -0.1) is 0 Å². The van der Waals surface area contributed by atoms with Crippen LogP contribution in [-0.2, 0) is 25.0 Å². The maximum Gasteiger partial charge on any atom is 0.325 e. The zero-order valence-electron chi connectivity index (χ0n) is 16.8. The number of carbonyl (C=O) groups excluding carboxylic acids is 3. The van der Waals surface area contributed by atoms with Crippen molar-refractivity contribution in [1.29, 1.82) is 0 Å². The second-order valence-corrected chi connectivity index (χ2v) is 10.3. The molecule has 4 amide bonds. The van der Waals surface area contributed by atoms with E-state index in [2.05, 4.69) is 5.32 Å². The summed E-state index contributed by atoms with van der Waals surface area (Å²) in [6.07, 6.45) is 0.360. The Labute approximate surface area is 174 Å². The first kappa shape index (κ1) is 20.3. The van der Waals surface area contributed by atoms with Crippen LogP contribution in [0.3, 0.4) is 0 Å². The van der Waals surface area contributed by atoms with Gasteiger partial charge in [0.1, 0.15) is 12.1 Å². The van der Waals surface area contributed by atoms with Gasteiger partial charge in [-0.05, 0) is 29.7 Å². The number of amides is 4. The summed E-state index contributed by atoms with van der Waals surface area (Å²) >= 11 is 0. The number of sulfone groups is 1. The standard InChI is InChI=1S/C21H23N3O5S/c1-21(17-9-5-7-14-6-3-4-8-16(14)17)19(26)24(20(27)22-21)12-18(25)23(2)15-10-11-30(28,29)13-15/h3-9,15H,10-13H2,1-2H3,(H,22,27). The van der Waals surface area contributed by atoms with Crippen LogP contribution in [0.5, 0.6) is 0 Å². The van der Waals surface area contributed by atoms with Crippen molar-refractivity contribution in [2.45, 2.75) is 24.9 Å². The van der Waals surface area contributed by atoms with Gasteiger partial charge in [0.25, 0.3) is 5.91 Å². The molecule has 2 atom stereocenters. The number of hydrogen-bond donors (Lipinski definition) is 1. The number of likely N-dealkylation sites (N-methyl/N-ethyl adjacent to an activating group) is 1. The lowest BCUT2D eigenvalue weighted by Crippen LogP contribution is -2.46. The van der Waals surface area contributed by atoms with Crippen LogP contribution in [-0.4, -0.2) is 67.2 Å². The zero-order chi connectivity index (χ0) is 21.7. The molecule has 2 fully saturated rings. The Bertz CT molecular complexity index is 1160. The van der Waals surface area contributed by atoms with Crippen molar-refractivity contribution < 1.29 is 22.8 Å². The summed E-state index contributed by atoms with van der Waals surface area (Å²) in [6.45, 7) is 1.20. The summed E-state index contributed by atoms with van der Waals surface area (Å²) < 4.78 is 23.4. The van der Waals surface area contributed by atoms with Crippen LogP contribution >= 0.6 is 0 Å². The van der Waals surface area contributed by atoms with Crippen molar-refractivity contribution in [3.63, 3.8) is 0 Å². The van der Waals surface area contributed by atoms with Crippen molar-refractivity contribution in [2.24, 2.45) is 0 Å². The molecule has 0 bridgehead atoms. The zero-order valence-corrected chi connectivity index (χ0v) is 17.6. The summed E-state index contributed by atoms with van der Waals surface area (Å²) in [6, 6.07) is 12.0. The molecule has 2 unspecified atom stereocenters. The number of nitrogens with one attached hydrogen (secondary N) is 1. The Morgan fingerprint density at radius 2 is 1.90 bits per heavy atom. The molecular weight excluding hydrogens is 406 g/mol. The molecular formula is C21H23N3O5S.